The smallest absolute Gasteiger partial charge is 0.0914 e. The molecular weight excluding hydrogens is 186 g/mol. The topological polar surface area (TPSA) is 32.3 Å². The summed E-state index contributed by atoms with van der Waals surface area (Å²) in [5, 5.41) is 13.0. The largest absolute Gasteiger partial charge is 0.387 e. The molecule has 0 heterocycles. The van der Waals surface area contributed by atoms with Crippen molar-refractivity contribution >= 4 is 0 Å². The second kappa shape index (κ2) is 5.69. The molecule has 1 atom stereocenters. The van der Waals surface area contributed by atoms with Crippen LogP contribution in [0, 0.1) is 13.8 Å². The first-order valence-corrected chi connectivity index (χ1v) is 5.22. The number of benzene rings is 1. The average molecular weight is 205 g/mol. The number of nitrogens with one attached hydrogen (secondary N) is 1. The van der Waals surface area contributed by atoms with E-state index in [-0.39, 0.29) is 0 Å². The van der Waals surface area contributed by atoms with Crippen molar-refractivity contribution in [1.82, 2.24) is 5.32 Å². The van der Waals surface area contributed by atoms with E-state index < -0.39 is 6.10 Å². The first-order valence-electron chi connectivity index (χ1n) is 5.22. The van der Waals surface area contributed by atoms with E-state index >= 15 is 0 Å². The van der Waals surface area contributed by atoms with Gasteiger partial charge in [0.1, 0.15) is 0 Å². The van der Waals surface area contributed by atoms with Gasteiger partial charge in [0.05, 0.1) is 6.10 Å². The minimum Gasteiger partial charge on any atom is -0.387 e. The fraction of sp³-hybridized carbons (Fsp3) is 0.385. The Morgan fingerprint density at radius 2 is 2.13 bits per heavy atom. The molecule has 1 rings (SSSR count). The van der Waals surface area contributed by atoms with Gasteiger partial charge in [0.25, 0.3) is 0 Å². The molecule has 0 spiro atoms. The standard InChI is InChI=1S/C13H19NO/c1-4-7-14-9-13(15)12-6-5-10(2)11(3)8-12/h4-6,8,13-15H,1,7,9H2,2-3H3. The molecular formula is C13H19NO. The minimum absolute atomic E-state index is 0.441. The maximum atomic E-state index is 9.87. The van der Waals surface area contributed by atoms with E-state index in [2.05, 4.69) is 25.7 Å². The number of aliphatic hydroxyl groups is 1. The molecule has 2 nitrogen and oxygen atoms in total. The normalized spacial score (nSPS) is 12.5. The second-order valence-electron chi connectivity index (χ2n) is 3.81. The summed E-state index contributed by atoms with van der Waals surface area (Å²) < 4.78 is 0. The van der Waals surface area contributed by atoms with E-state index in [1.165, 1.54) is 11.1 Å². The summed E-state index contributed by atoms with van der Waals surface area (Å²) in [5.74, 6) is 0. The third-order valence-corrected chi connectivity index (χ3v) is 2.54. The van der Waals surface area contributed by atoms with Crippen LogP contribution in [0.5, 0.6) is 0 Å². The molecule has 15 heavy (non-hydrogen) atoms. The Labute approximate surface area is 91.6 Å². The minimum atomic E-state index is -0.441. The molecule has 1 aromatic rings. The molecule has 0 aliphatic carbocycles. The van der Waals surface area contributed by atoms with Gasteiger partial charge in [-0.2, -0.15) is 0 Å². The highest BCUT2D eigenvalue weighted by Gasteiger charge is 2.06. The SMILES string of the molecule is C=CCNCC(O)c1ccc(C)c(C)c1. The zero-order valence-corrected chi connectivity index (χ0v) is 9.46. The van der Waals surface area contributed by atoms with Crippen LogP contribution in [-0.4, -0.2) is 18.2 Å². The Hall–Kier alpha value is -1.12. The van der Waals surface area contributed by atoms with Crippen LogP contribution in [0.4, 0.5) is 0 Å². The van der Waals surface area contributed by atoms with Gasteiger partial charge in [-0.25, -0.2) is 0 Å². The summed E-state index contributed by atoms with van der Waals surface area (Å²) >= 11 is 0. The predicted octanol–water partition coefficient (Wildman–Crippen LogP) is 2.11. The molecule has 0 aliphatic rings. The Morgan fingerprint density at radius 1 is 1.40 bits per heavy atom. The Kier molecular flexibility index (Phi) is 4.53. The van der Waals surface area contributed by atoms with Crippen LogP contribution in [-0.2, 0) is 0 Å². The van der Waals surface area contributed by atoms with Crippen molar-refractivity contribution in [2.45, 2.75) is 20.0 Å². The summed E-state index contributed by atoms with van der Waals surface area (Å²) in [6, 6.07) is 6.06. The molecule has 82 valence electrons. The fourth-order valence-corrected chi connectivity index (χ4v) is 1.41. The predicted molar refractivity (Wildman–Crippen MR) is 63.9 cm³/mol. The molecule has 0 aliphatic heterocycles. The van der Waals surface area contributed by atoms with Crippen LogP contribution in [0.15, 0.2) is 30.9 Å². The van der Waals surface area contributed by atoms with Gasteiger partial charge < -0.3 is 10.4 Å². The molecule has 0 amide bonds. The Morgan fingerprint density at radius 3 is 2.73 bits per heavy atom. The van der Waals surface area contributed by atoms with Gasteiger partial charge in [-0.3, -0.25) is 0 Å². The molecule has 2 N–H and O–H groups in total. The zero-order chi connectivity index (χ0) is 11.3. The third-order valence-electron chi connectivity index (χ3n) is 2.54. The van der Waals surface area contributed by atoms with Crippen molar-refractivity contribution in [2.24, 2.45) is 0 Å². The molecule has 2 heteroatoms. The third kappa shape index (κ3) is 3.50. The van der Waals surface area contributed by atoms with E-state index in [1.54, 1.807) is 6.08 Å². The zero-order valence-electron chi connectivity index (χ0n) is 9.46. The van der Waals surface area contributed by atoms with Crippen molar-refractivity contribution < 1.29 is 5.11 Å². The lowest BCUT2D eigenvalue weighted by Crippen LogP contribution is -2.21. The number of hydrogen-bond acceptors (Lipinski definition) is 2. The number of aliphatic hydroxyl groups excluding tert-OH is 1. The summed E-state index contributed by atoms with van der Waals surface area (Å²) in [4.78, 5) is 0. The van der Waals surface area contributed by atoms with Crippen molar-refractivity contribution in [1.29, 1.82) is 0 Å². The van der Waals surface area contributed by atoms with Crippen LogP contribution in [0.3, 0.4) is 0 Å². The number of rotatable bonds is 5. The highest BCUT2D eigenvalue weighted by atomic mass is 16.3. The molecule has 1 unspecified atom stereocenters. The van der Waals surface area contributed by atoms with Gasteiger partial charge in [0, 0.05) is 13.1 Å². The lowest BCUT2D eigenvalue weighted by Gasteiger charge is -2.12. The maximum Gasteiger partial charge on any atom is 0.0914 e. The van der Waals surface area contributed by atoms with E-state index in [0.29, 0.717) is 6.54 Å². The van der Waals surface area contributed by atoms with Crippen molar-refractivity contribution in [3.63, 3.8) is 0 Å². The highest BCUT2D eigenvalue weighted by molar-refractivity contribution is 5.31. The quantitative estimate of drug-likeness (QED) is 0.570. The van der Waals surface area contributed by atoms with Gasteiger partial charge in [-0.05, 0) is 30.5 Å². The summed E-state index contributed by atoms with van der Waals surface area (Å²) in [5.41, 5.74) is 3.44. The first-order chi connectivity index (χ1) is 7.15. The maximum absolute atomic E-state index is 9.87. The number of hydrogen-bond donors (Lipinski definition) is 2. The van der Waals surface area contributed by atoms with Crippen LogP contribution in [0.2, 0.25) is 0 Å². The molecule has 0 fully saturated rings. The van der Waals surface area contributed by atoms with E-state index in [0.717, 1.165) is 12.1 Å². The molecule has 1 aromatic carbocycles. The van der Waals surface area contributed by atoms with E-state index in [9.17, 15) is 5.11 Å². The second-order valence-corrected chi connectivity index (χ2v) is 3.81. The summed E-state index contributed by atoms with van der Waals surface area (Å²) in [6.45, 7) is 9.03. The monoisotopic (exact) mass is 205 g/mol. The van der Waals surface area contributed by atoms with E-state index in [4.69, 9.17) is 0 Å². The van der Waals surface area contributed by atoms with E-state index in [1.807, 2.05) is 18.2 Å². The van der Waals surface area contributed by atoms with Crippen molar-refractivity contribution in [2.75, 3.05) is 13.1 Å². The Balaban J connectivity index is 2.61. The van der Waals surface area contributed by atoms with Gasteiger partial charge in [-0.1, -0.05) is 24.3 Å². The average Bonchev–Trinajstić information content (AvgIpc) is 2.22. The van der Waals surface area contributed by atoms with Crippen molar-refractivity contribution in [3.05, 3.63) is 47.5 Å². The molecule has 0 radical (unpaired) electrons. The van der Waals surface area contributed by atoms with Crippen LogP contribution >= 0.6 is 0 Å². The van der Waals surface area contributed by atoms with Crippen LogP contribution in [0.25, 0.3) is 0 Å². The molecule has 0 bridgehead atoms. The first kappa shape index (κ1) is 12.0. The highest BCUT2D eigenvalue weighted by Crippen LogP contribution is 2.16. The molecule has 0 saturated carbocycles. The van der Waals surface area contributed by atoms with Gasteiger partial charge in [-0.15, -0.1) is 6.58 Å². The van der Waals surface area contributed by atoms with Gasteiger partial charge >= 0.3 is 0 Å². The van der Waals surface area contributed by atoms with Crippen molar-refractivity contribution in [3.8, 4) is 0 Å². The van der Waals surface area contributed by atoms with Crippen LogP contribution < -0.4 is 5.32 Å². The van der Waals surface area contributed by atoms with Gasteiger partial charge in [0.15, 0.2) is 0 Å². The summed E-state index contributed by atoms with van der Waals surface area (Å²) in [7, 11) is 0. The lowest BCUT2D eigenvalue weighted by atomic mass is 10.0. The molecule has 0 aromatic heterocycles. The fourth-order valence-electron chi connectivity index (χ4n) is 1.41. The Bertz CT molecular complexity index is 333. The lowest BCUT2D eigenvalue weighted by molar-refractivity contribution is 0.176. The van der Waals surface area contributed by atoms with Gasteiger partial charge in [0.2, 0.25) is 0 Å². The van der Waals surface area contributed by atoms with Crippen LogP contribution in [0.1, 0.15) is 22.8 Å². The summed E-state index contributed by atoms with van der Waals surface area (Å²) in [6.07, 6.45) is 1.34. The number of aryl methyl sites for hydroxylation is 2. The molecule has 0 saturated heterocycles.